The molecule has 8 heteroatoms. The molecular weight excluding hydrogens is 252 g/mol. The van der Waals surface area contributed by atoms with Gasteiger partial charge >= 0.3 is 5.97 Å². The van der Waals surface area contributed by atoms with Crippen LogP contribution in [0.5, 0.6) is 0 Å². The lowest BCUT2D eigenvalue weighted by Crippen LogP contribution is -2.28. The first-order valence-corrected chi connectivity index (χ1v) is 7.02. The van der Waals surface area contributed by atoms with Gasteiger partial charge in [-0.25, -0.2) is 18.2 Å². The number of aromatic carboxylic acids is 1. The van der Waals surface area contributed by atoms with Crippen molar-refractivity contribution in [2.24, 2.45) is 0 Å². The maximum Gasteiger partial charge on any atom is 0.356 e. The fraction of sp³-hybridized carbons (Fsp3) is 0.500. The second kappa shape index (κ2) is 4.11. The van der Waals surface area contributed by atoms with E-state index >= 15 is 0 Å². The van der Waals surface area contributed by atoms with Crippen LogP contribution in [0.15, 0.2) is 9.72 Å². The summed E-state index contributed by atoms with van der Waals surface area (Å²) >= 11 is 0.850. The van der Waals surface area contributed by atoms with Crippen LogP contribution in [-0.4, -0.2) is 41.9 Å². The highest BCUT2D eigenvalue weighted by Gasteiger charge is 2.32. The zero-order chi connectivity index (χ0) is 11.8. The van der Waals surface area contributed by atoms with Gasteiger partial charge in [-0.15, -0.1) is 11.3 Å². The van der Waals surface area contributed by atoms with Gasteiger partial charge < -0.3 is 5.11 Å². The van der Waals surface area contributed by atoms with Crippen LogP contribution in [0.2, 0.25) is 0 Å². The molecule has 0 radical (unpaired) electrons. The largest absolute Gasteiger partial charge is 0.476 e. The van der Waals surface area contributed by atoms with Crippen LogP contribution in [0.3, 0.4) is 0 Å². The van der Waals surface area contributed by atoms with Crippen molar-refractivity contribution < 1.29 is 18.3 Å². The minimum Gasteiger partial charge on any atom is -0.476 e. The van der Waals surface area contributed by atoms with Crippen LogP contribution in [0.25, 0.3) is 0 Å². The molecule has 1 saturated heterocycles. The van der Waals surface area contributed by atoms with Crippen LogP contribution in [0, 0.1) is 0 Å². The highest BCUT2D eigenvalue weighted by atomic mass is 32.2. The molecule has 0 aliphatic carbocycles. The molecule has 88 valence electrons. The SMILES string of the molecule is O=C(O)c1ncsc1S(=O)(=O)N1CCCC1. The second-order valence-corrected chi connectivity index (χ2v) is 6.39. The molecule has 1 aromatic rings. The van der Waals surface area contributed by atoms with Crippen molar-refractivity contribution >= 4 is 27.3 Å². The van der Waals surface area contributed by atoms with Crippen molar-refractivity contribution in [1.82, 2.24) is 9.29 Å². The number of carboxylic acids is 1. The van der Waals surface area contributed by atoms with E-state index in [1.54, 1.807) is 0 Å². The van der Waals surface area contributed by atoms with Crippen molar-refractivity contribution in [3.05, 3.63) is 11.2 Å². The molecule has 0 saturated carbocycles. The predicted molar refractivity (Wildman–Crippen MR) is 57.1 cm³/mol. The molecule has 1 aromatic heterocycles. The quantitative estimate of drug-likeness (QED) is 0.863. The molecule has 0 spiro atoms. The summed E-state index contributed by atoms with van der Waals surface area (Å²) in [5.41, 5.74) is 0.865. The number of aromatic nitrogens is 1. The van der Waals surface area contributed by atoms with Gasteiger partial charge in [0.05, 0.1) is 5.51 Å². The van der Waals surface area contributed by atoms with Gasteiger partial charge in [0.2, 0.25) is 0 Å². The highest BCUT2D eigenvalue weighted by molar-refractivity contribution is 7.91. The minimum atomic E-state index is -3.66. The summed E-state index contributed by atoms with van der Waals surface area (Å²) in [6.07, 6.45) is 1.64. The zero-order valence-electron chi connectivity index (χ0n) is 8.29. The summed E-state index contributed by atoms with van der Waals surface area (Å²) in [5.74, 6) is -1.31. The van der Waals surface area contributed by atoms with Crippen molar-refractivity contribution in [2.75, 3.05) is 13.1 Å². The smallest absolute Gasteiger partial charge is 0.356 e. The molecule has 1 fully saturated rings. The van der Waals surface area contributed by atoms with E-state index < -0.39 is 16.0 Å². The fourth-order valence-electron chi connectivity index (χ4n) is 1.61. The zero-order valence-corrected chi connectivity index (χ0v) is 9.92. The molecule has 2 heterocycles. The number of thiazole rings is 1. The van der Waals surface area contributed by atoms with Gasteiger partial charge in [0.25, 0.3) is 10.0 Å². The molecule has 1 N–H and O–H groups in total. The molecule has 0 atom stereocenters. The van der Waals surface area contributed by atoms with E-state index in [4.69, 9.17) is 5.11 Å². The first kappa shape index (κ1) is 11.5. The van der Waals surface area contributed by atoms with Crippen LogP contribution >= 0.6 is 11.3 Å². The maximum atomic E-state index is 12.1. The molecule has 0 aromatic carbocycles. The molecule has 16 heavy (non-hydrogen) atoms. The number of sulfonamides is 1. The average Bonchev–Trinajstić information content (AvgIpc) is 2.89. The lowest BCUT2D eigenvalue weighted by atomic mass is 10.4. The molecule has 0 amide bonds. The number of carboxylic acid groups (broad SMARTS) is 1. The Bertz CT molecular complexity index is 502. The summed E-state index contributed by atoms with van der Waals surface area (Å²) in [4.78, 5) is 14.4. The van der Waals surface area contributed by atoms with E-state index in [2.05, 4.69) is 4.98 Å². The summed E-state index contributed by atoms with van der Waals surface area (Å²) in [6, 6.07) is 0. The normalized spacial score (nSPS) is 17.8. The first-order chi connectivity index (χ1) is 7.53. The van der Waals surface area contributed by atoms with E-state index in [1.165, 1.54) is 9.82 Å². The number of rotatable bonds is 3. The van der Waals surface area contributed by atoms with Crippen LogP contribution in [-0.2, 0) is 10.0 Å². The molecule has 1 aliphatic rings. The van der Waals surface area contributed by atoms with Crippen molar-refractivity contribution in [3.8, 4) is 0 Å². The Kier molecular flexibility index (Phi) is 2.96. The summed E-state index contributed by atoms with van der Waals surface area (Å²) in [7, 11) is -3.66. The molecule has 6 nitrogen and oxygen atoms in total. The number of hydrogen-bond acceptors (Lipinski definition) is 5. The van der Waals surface area contributed by atoms with Crippen LogP contribution < -0.4 is 0 Å². The van der Waals surface area contributed by atoms with Crippen molar-refractivity contribution in [2.45, 2.75) is 17.1 Å². The van der Waals surface area contributed by atoms with Gasteiger partial charge in [0.15, 0.2) is 9.90 Å². The van der Waals surface area contributed by atoms with E-state index in [0.29, 0.717) is 13.1 Å². The highest BCUT2D eigenvalue weighted by Crippen LogP contribution is 2.26. The lowest BCUT2D eigenvalue weighted by Gasteiger charge is -2.13. The van der Waals surface area contributed by atoms with Crippen LogP contribution in [0.4, 0.5) is 0 Å². The first-order valence-electron chi connectivity index (χ1n) is 4.70. The average molecular weight is 262 g/mol. The van der Waals surface area contributed by atoms with Gasteiger partial charge in [0, 0.05) is 13.1 Å². The monoisotopic (exact) mass is 262 g/mol. The number of carbonyl (C=O) groups is 1. The standard InChI is InChI=1S/C8H10N2O4S2/c11-7(12)6-8(15-5-9-6)16(13,14)10-3-1-2-4-10/h5H,1-4H2,(H,11,12). The van der Waals surface area contributed by atoms with Gasteiger partial charge in [-0.2, -0.15) is 4.31 Å². The maximum absolute atomic E-state index is 12.1. The summed E-state index contributed by atoms with van der Waals surface area (Å²) in [6.45, 7) is 0.915. The minimum absolute atomic E-state index is 0.165. The molecule has 1 aliphatic heterocycles. The molecule has 0 unspecified atom stereocenters. The topological polar surface area (TPSA) is 87.6 Å². The second-order valence-electron chi connectivity index (χ2n) is 3.40. The predicted octanol–water partition coefficient (Wildman–Crippen LogP) is 0.626. The Morgan fingerprint density at radius 1 is 1.44 bits per heavy atom. The molecule has 0 bridgehead atoms. The molecular formula is C8H10N2O4S2. The third-order valence-corrected chi connectivity index (χ3v) is 5.62. The molecule has 2 rings (SSSR count). The van der Waals surface area contributed by atoms with Crippen molar-refractivity contribution in [1.29, 1.82) is 0 Å². The Morgan fingerprint density at radius 2 is 2.06 bits per heavy atom. The van der Waals surface area contributed by atoms with Gasteiger partial charge in [-0.1, -0.05) is 0 Å². The Labute approximate surface area is 96.6 Å². The lowest BCUT2D eigenvalue weighted by molar-refractivity contribution is 0.0687. The van der Waals surface area contributed by atoms with Gasteiger partial charge in [-0.3, -0.25) is 0 Å². The summed E-state index contributed by atoms with van der Waals surface area (Å²) < 4.78 is 25.3. The van der Waals surface area contributed by atoms with Gasteiger partial charge in [-0.05, 0) is 12.8 Å². The van der Waals surface area contributed by atoms with Gasteiger partial charge in [0.1, 0.15) is 0 Å². The Morgan fingerprint density at radius 3 is 2.62 bits per heavy atom. The van der Waals surface area contributed by atoms with E-state index in [9.17, 15) is 13.2 Å². The number of hydrogen-bond donors (Lipinski definition) is 1. The van der Waals surface area contributed by atoms with E-state index in [0.717, 1.165) is 24.2 Å². The van der Waals surface area contributed by atoms with E-state index in [1.807, 2.05) is 0 Å². The van der Waals surface area contributed by atoms with Crippen LogP contribution in [0.1, 0.15) is 23.3 Å². The van der Waals surface area contributed by atoms with E-state index in [-0.39, 0.29) is 9.90 Å². The number of nitrogens with zero attached hydrogens (tertiary/aromatic N) is 2. The fourth-order valence-corrected chi connectivity index (χ4v) is 4.40. The Hall–Kier alpha value is -0.990. The summed E-state index contributed by atoms with van der Waals surface area (Å²) in [5, 5.41) is 8.82. The third kappa shape index (κ3) is 1.83. The van der Waals surface area contributed by atoms with Crippen molar-refractivity contribution in [3.63, 3.8) is 0 Å². The third-order valence-electron chi connectivity index (χ3n) is 2.38. The Balaban J connectivity index is 2.42.